The smallest absolute Gasteiger partial charge is 0.257 e. The first-order chi connectivity index (χ1) is 14.4. The predicted molar refractivity (Wildman–Crippen MR) is 119 cm³/mol. The molecule has 1 N–H and O–H groups in total. The van der Waals surface area contributed by atoms with Crippen molar-refractivity contribution < 1.29 is 22.7 Å². The highest BCUT2D eigenvalue weighted by atomic mass is 79.9. The van der Waals surface area contributed by atoms with Crippen LogP contribution in [0.5, 0.6) is 11.5 Å². The lowest BCUT2D eigenvalue weighted by Crippen LogP contribution is -2.32. The van der Waals surface area contributed by atoms with Gasteiger partial charge in [0, 0.05) is 17.6 Å². The Morgan fingerprint density at radius 1 is 1.00 bits per heavy atom. The maximum Gasteiger partial charge on any atom is 0.257 e. The Hall–Kier alpha value is -2.10. The van der Waals surface area contributed by atoms with E-state index in [9.17, 15) is 13.2 Å². The average Bonchev–Trinajstić information content (AvgIpc) is 3.04. The van der Waals surface area contributed by atoms with Gasteiger partial charge in [-0.05, 0) is 65.2 Å². The maximum absolute atomic E-state index is 13.1. The highest BCUT2D eigenvalue weighted by molar-refractivity contribution is 9.10. The Morgan fingerprint density at radius 2 is 1.70 bits per heavy atom. The third-order valence-electron chi connectivity index (χ3n) is 5.04. The first-order valence-corrected chi connectivity index (χ1v) is 11.9. The fourth-order valence-corrected chi connectivity index (χ4v) is 5.34. The predicted octanol–water partition coefficient (Wildman–Crippen LogP) is 4.28. The van der Waals surface area contributed by atoms with Crippen LogP contribution in [0.2, 0.25) is 0 Å². The minimum Gasteiger partial charge on any atom is -0.497 e. The molecule has 1 heterocycles. The van der Waals surface area contributed by atoms with Crippen molar-refractivity contribution in [2.24, 2.45) is 0 Å². The highest BCUT2D eigenvalue weighted by Gasteiger charge is 2.26. The number of hydrogen-bond donors (Lipinski definition) is 1. The van der Waals surface area contributed by atoms with E-state index in [0.29, 0.717) is 34.6 Å². The van der Waals surface area contributed by atoms with Crippen LogP contribution in [0.15, 0.2) is 45.8 Å². The van der Waals surface area contributed by atoms with Crippen molar-refractivity contribution in [1.29, 1.82) is 0 Å². The van der Waals surface area contributed by atoms with Gasteiger partial charge in [-0.3, -0.25) is 4.79 Å². The maximum atomic E-state index is 13.1. The molecular formula is C21H25BrN2O5S. The number of halogens is 1. The summed E-state index contributed by atoms with van der Waals surface area (Å²) in [6.45, 7) is 1.01. The summed E-state index contributed by atoms with van der Waals surface area (Å²) < 4.78 is 38.9. The molecule has 2 aromatic rings. The molecule has 2 aromatic carbocycles. The first-order valence-electron chi connectivity index (χ1n) is 9.70. The van der Waals surface area contributed by atoms with Crippen LogP contribution in [0.4, 0.5) is 5.69 Å². The summed E-state index contributed by atoms with van der Waals surface area (Å²) in [4.78, 5) is 13.0. The molecule has 0 spiro atoms. The van der Waals surface area contributed by atoms with Gasteiger partial charge in [0.15, 0.2) is 0 Å². The Bertz CT molecular complexity index is 1020. The topological polar surface area (TPSA) is 84.9 Å². The first kappa shape index (κ1) is 22.6. The second-order valence-corrected chi connectivity index (χ2v) is 9.77. The molecule has 1 aliphatic rings. The third-order valence-corrected chi connectivity index (χ3v) is 7.63. The number of sulfonamides is 1. The number of methoxy groups -OCH3 is 2. The molecule has 1 aliphatic heterocycles. The van der Waals surface area contributed by atoms with E-state index in [4.69, 9.17) is 9.47 Å². The van der Waals surface area contributed by atoms with Crippen molar-refractivity contribution in [2.75, 3.05) is 32.6 Å². The molecule has 7 nitrogen and oxygen atoms in total. The van der Waals surface area contributed by atoms with E-state index in [1.807, 2.05) is 0 Å². The second-order valence-electron chi connectivity index (χ2n) is 6.98. The number of amides is 1. The van der Waals surface area contributed by atoms with Crippen molar-refractivity contribution in [3.63, 3.8) is 0 Å². The summed E-state index contributed by atoms with van der Waals surface area (Å²) in [6.07, 6.45) is 3.77. The lowest BCUT2D eigenvalue weighted by Gasteiger charge is -2.21. The van der Waals surface area contributed by atoms with E-state index < -0.39 is 15.9 Å². The van der Waals surface area contributed by atoms with Crippen molar-refractivity contribution in [1.82, 2.24) is 4.31 Å². The number of nitrogens with one attached hydrogen (secondary N) is 1. The molecule has 0 aliphatic carbocycles. The van der Waals surface area contributed by atoms with Gasteiger partial charge in [-0.25, -0.2) is 8.42 Å². The van der Waals surface area contributed by atoms with Crippen molar-refractivity contribution in [3.05, 3.63) is 46.4 Å². The van der Waals surface area contributed by atoms with Crippen LogP contribution >= 0.6 is 15.9 Å². The van der Waals surface area contributed by atoms with Crippen LogP contribution in [-0.2, 0) is 10.0 Å². The van der Waals surface area contributed by atoms with E-state index in [2.05, 4.69) is 21.2 Å². The molecule has 162 valence electrons. The number of nitrogens with zero attached hydrogens (tertiary/aromatic N) is 1. The molecule has 9 heteroatoms. The summed E-state index contributed by atoms with van der Waals surface area (Å²) in [5.41, 5.74) is 0.644. The van der Waals surface area contributed by atoms with Gasteiger partial charge in [-0.15, -0.1) is 0 Å². The fraction of sp³-hybridized carbons (Fsp3) is 0.381. The lowest BCUT2D eigenvalue weighted by molar-refractivity contribution is 0.102. The molecule has 1 saturated heterocycles. The van der Waals surface area contributed by atoms with Crippen molar-refractivity contribution in [3.8, 4) is 11.5 Å². The van der Waals surface area contributed by atoms with Gasteiger partial charge >= 0.3 is 0 Å². The Labute approximate surface area is 185 Å². The number of carbonyl (C=O) groups is 1. The number of rotatable bonds is 6. The van der Waals surface area contributed by atoms with Gasteiger partial charge in [0.2, 0.25) is 10.0 Å². The van der Waals surface area contributed by atoms with E-state index in [1.165, 1.54) is 30.7 Å². The summed E-state index contributed by atoms with van der Waals surface area (Å²) in [6, 6.07) is 9.56. The number of ether oxygens (including phenoxy) is 2. The van der Waals surface area contributed by atoms with Gasteiger partial charge < -0.3 is 14.8 Å². The Balaban J connectivity index is 1.92. The van der Waals surface area contributed by atoms with Crippen LogP contribution in [0.3, 0.4) is 0 Å². The standard InChI is InChI=1S/C21H25BrN2O5S/c1-28-15-7-9-18(22)17(13-15)21(25)23-19-14-16(8-10-20(19)29-2)30(26,27)24-11-5-3-4-6-12-24/h7-10,13-14H,3-6,11-12H2,1-2H3,(H,23,25). The molecular weight excluding hydrogens is 472 g/mol. The lowest BCUT2D eigenvalue weighted by atomic mass is 10.2. The monoisotopic (exact) mass is 496 g/mol. The number of benzene rings is 2. The molecule has 30 heavy (non-hydrogen) atoms. The molecule has 0 saturated carbocycles. The number of hydrogen-bond acceptors (Lipinski definition) is 5. The second kappa shape index (κ2) is 9.80. The zero-order valence-corrected chi connectivity index (χ0v) is 19.4. The fourth-order valence-electron chi connectivity index (χ4n) is 3.37. The quantitative estimate of drug-likeness (QED) is 0.644. The SMILES string of the molecule is COc1ccc(Br)c(C(=O)Nc2cc(S(=O)(=O)N3CCCCCC3)ccc2OC)c1. The molecule has 1 fully saturated rings. The summed E-state index contributed by atoms with van der Waals surface area (Å²) in [7, 11) is -0.668. The van der Waals surface area contributed by atoms with Crippen molar-refractivity contribution in [2.45, 2.75) is 30.6 Å². The van der Waals surface area contributed by atoms with Crippen LogP contribution in [0.1, 0.15) is 36.0 Å². The Kier molecular flexibility index (Phi) is 7.38. The average molecular weight is 497 g/mol. The molecule has 0 atom stereocenters. The zero-order chi connectivity index (χ0) is 21.7. The van der Waals surface area contributed by atoms with Crippen LogP contribution in [0.25, 0.3) is 0 Å². The van der Waals surface area contributed by atoms with Crippen LogP contribution < -0.4 is 14.8 Å². The van der Waals surface area contributed by atoms with Gasteiger partial charge in [0.05, 0.1) is 30.4 Å². The van der Waals surface area contributed by atoms with E-state index in [0.717, 1.165) is 25.7 Å². The third kappa shape index (κ3) is 4.96. The van der Waals surface area contributed by atoms with Gasteiger partial charge in [-0.1, -0.05) is 12.8 Å². The largest absolute Gasteiger partial charge is 0.497 e. The van der Waals surface area contributed by atoms with Gasteiger partial charge in [0.1, 0.15) is 11.5 Å². The number of carbonyl (C=O) groups excluding carboxylic acids is 1. The molecule has 1 amide bonds. The Morgan fingerprint density at radius 3 is 2.33 bits per heavy atom. The van der Waals surface area contributed by atoms with Crippen LogP contribution in [0, 0.1) is 0 Å². The summed E-state index contributed by atoms with van der Waals surface area (Å²) in [5.74, 6) is 0.494. The van der Waals surface area contributed by atoms with Crippen LogP contribution in [-0.4, -0.2) is 45.9 Å². The summed E-state index contributed by atoms with van der Waals surface area (Å²) in [5, 5.41) is 2.77. The molecule has 0 bridgehead atoms. The molecule has 0 unspecified atom stereocenters. The normalized spacial score (nSPS) is 15.3. The van der Waals surface area contributed by atoms with E-state index >= 15 is 0 Å². The van der Waals surface area contributed by atoms with Crippen molar-refractivity contribution >= 4 is 37.5 Å². The summed E-state index contributed by atoms with van der Waals surface area (Å²) >= 11 is 3.36. The molecule has 3 rings (SSSR count). The zero-order valence-electron chi connectivity index (χ0n) is 17.0. The minimum atomic E-state index is -3.65. The van der Waals surface area contributed by atoms with E-state index in [-0.39, 0.29) is 10.6 Å². The van der Waals surface area contributed by atoms with Gasteiger partial charge in [-0.2, -0.15) is 4.31 Å². The molecule has 0 aromatic heterocycles. The minimum absolute atomic E-state index is 0.130. The molecule has 0 radical (unpaired) electrons. The highest BCUT2D eigenvalue weighted by Crippen LogP contribution is 2.31. The van der Waals surface area contributed by atoms with E-state index in [1.54, 1.807) is 24.3 Å². The van der Waals surface area contributed by atoms with Gasteiger partial charge in [0.25, 0.3) is 5.91 Å². The number of anilines is 1.